The highest BCUT2D eigenvalue weighted by Crippen LogP contribution is 2.42. The molecule has 0 aliphatic carbocycles. The van der Waals surface area contributed by atoms with Gasteiger partial charge in [-0.15, -0.1) is 0 Å². The molecular weight excluding hydrogens is 494 g/mol. The zero-order valence-corrected chi connectivity index (χ0v) is 23.6. The summed E-state index contributed by atoms with van der Waals surface area (Å²) in [5.41, 5.74) is 13.6. The highest BCUT2D eigenvalue weighted by molar-refractivity contribution is 6.76. The van der Waals surface area contributed by atoms with Crippen LogP contribution < -0.4 is 21.1 Å². The number of hydrogen-bond acceptors (Lipinski definition) is 11. The van der Waals surface area contributed by atoms with Gasteiger partial charge in [-0.2, -0.15) is 15.1 Å². The van der Waals surface area contributed by atoms with Gasteiger partial charge in [-0.3, -0.25) is 10.1 Å². The summed E-state index contributed by atoms with van der Waals surface area (Å²) in [4.78, 5) is 24.0. The van der Waals surface area contributed by atoms with Gasteiger partial charge in [0.25, 0.3) is 5.69 Å². The van der Waals surface area contributed by atoms with Crippen molar-refractivity contribution in [2.24, 2.45) is 0 Å². The summed E-state index contributed by atoms with van der Waals surface area (Å²) in [6.45, 7) is 8.81. The summed E-state index contributed by atoms with van der Waals surface area (Å²) in [5.74, 6) is 0.512. The van der Waals surface area contributed by atoms with Crippen molar-refractivity contribution in [3.8, 4) is 17.0 Å². The third kappa shape index (κ3) is 6.64. The Balaban J connectivity index is 2.13. The monoisotopic (exact) mass is 531 g/mol. The molecule has 14 heteroatoms. The molecule has 2 aromatic heterocycles. The standard InChI is InChI=1S/C23H37N9O4Si/c1-29(2)8-9-30(3)16-13-18(35-4)15(12-17(16)32(33)34)20-19-21(24)26-23(25)27-22(19)31(28-20)14-36-10-11-37(5,6)7/h12-13H,8-11,14H2,1-7H3,(H4,24,25,26,27). The topological polar surface area (TPSA) is 164 Å². The molecule has 0 saturated heterocycles. The van der Waals surface area contributed by atoms with Crippen LogP contribution in [0, 0.1) is 10.1 Å². The number of nitrogens with zero attached hydrogens (tertiary/aromatic N) is 7. The molecule has 0 fully saturated rings. The Morgan fingerprint density at radius 1 is 1.14 bits per heavy atom. The van der Waals surface area contributed by atoms with Crippen LogP contribution in [0.4, 0.5) is 23.1 Å². The molecule has 3 aromatic rings. The van der Waals surface area contributed by atoms with E-state index >= 15 is 0 Å². The molecule has 2 heterocycles. The first-order valence-electron chi connectivity index (χ1n) is 11.9. The van der Waals surface area contributed by atoms with Gasteiger partial charge < -0.3 is 30.7 Å². The molecule has 3 rings (SSSR count). The van der Waals surface area contributed by atoms with Crippen LogP contribution >= 0.6 is 0 Å². The zero-order valence-electron chi connectivity index (χ0n) is 22.6. The predicted molar refractivity (Wildman–Crippen MR) is 149 cm³/mol. The Morgan fingerprint density at radius 2 is 1.84 bits per heavy atom. The van der Waals surface area contributed by atoms with Crippen LogP contribution in [0.1, 0.15) is 0 Å². The van der Waals surface area contributed by atoms with Gasteiger partial charge in [-0.1, -0.05) is 19.6 Å². The Kier molecular flexibility index (Phi) is 8.56. The van der Waals surface area contributed by atoms with Gasteiger partial charge >= 0.3 is 0 Å². The molecule has 13 nitrogen and oxygen atoms in total. The minimum Gasteiger partial charge on any atom is -0.496 e. The van der Waals surface area contributed by atoms with Crippen molar-refractivity contribution in [3.05, 3.63) is 22.2 Å². The number of rotatable bonds is 12. The van der Waals surface area contributed by atoms with Crippen LogP contribution in [0.2, 0.25) is 25.7 Å². The number of fused-ring (bicyclic) bond motifs is 1. The molecular formula is C23H37N9O4Si. The van der Waals surface area contributed by atoms with Crippen LogP contribution in [-0.4, -0.2) is 85.6 Å². The maximum absolute atomic E-state index is 12.1. The lowest BCUT2D eigenvalue weighted by molar-refractivity contribution is -0.384. The lowest BCUT2D eigenvalue weighted by Crippen LogP contribution is -2.28. The maximum atomic E-state index is 12.1. The Bertz CT molecular complexity index is 1270. The number of aromatic nitrogens is 4. The average Bonchev–Trinajstić information content (AvgIpc) is 3.17. The quantitative estimate of drug-likeness (QED) is 0.153. The number of nitro groups is 1. The van der Waals surface area contributed by atoms with Crippen molar-refractivity contribution in [1.29, 1.82) is 0 Å². The Morgan fingerprint density at radius 3 is 2.43 bits per heavy atom. The van der Waals surface area contributed by atoms with Crippen LogP contribution in [0.3, 0.4) is 0 Å². The fourth-order valence-corrected chi connectivity index (χ4v) is 4.51. The van der Waals surface area contributed by atoms with E-state index in [0.29, 0.717) is 46.9 Å². The first-order valence-corrected chi connectivity index (χ1v) is 15.6. The summed E-state index contributed by atoms with van der Waals surface area (Å²) in [7, 11) is 5.92. The summed E-state index contributed by atoms with van der Waals surface area (Å²) in [5, 5.41) is 17.2. The van der Waals surface area contributed by atoms with E-state index in [2.05, 4.69) is 34.7 Å². The molecule has 4 N–H and O–H groups in total. The van der Waals surface area contributed by atoms with Gasteiger partial charge in [0.15, 0.2) is 5.65 Å². The number of nitrogens with two attached hydrogens (primary N) is 2. The van der Waals surface area contributed by atoms with Crippen molar-refractivity contribution in [3.63, 3.8) is 0 Å². The lowest BCUT2D eigenvalue weighted by Gasteiger charge is -2.22. The van der Waals surface area contributed by atoms with E-state index < -0.39 is 13.0 Å². The summed E-state index contributed by atoms with van der Waals surface area (Å²) in [6, 6.07) is 4.09. The third-order valence-corrected chi connectivity index (χ3v) is 7.59. The Labute approximate surface area is 217 Å². The van der Waals surface area contributed by atoms with Crippen molar-refractivity contribution in [2.45, 2.75) is 32.4 Å². The first-order chi connectivity index (χ1) is 17.3. The van der Waals surface area contributed by atoms with Gasteiger partial charge in [0.1, 0.15) is 29.7 Å². The van der Waals surface area contributed by atoms with Crippen LogP contribution in [0.25, 0.3) is 22.3 Å². The largest absolute Gasteiger partial charge is 0.496 e. The zero-order chi connectivity index (χ0) is 27.5. The van der Waals surface area contributed by atoms with E-state index in [0.717, 1.165) is 12.6 Å². The molecule has 0 unspecified atom stereocenters. The molecule has 0 bridgehead atoms. The molecule has 0 amide bonds. The SMILES string of the molecule is COc1cc(N(C)CCN(C)C)c([N+](=O)[O-])cc1-c1nn(COCC[Si](C)(C)C)c2nc(N)nc(N)c12. The molecule has 0 atom stereocenters. The van der Waals surface area contributed by atoms with Crippen LogP contribution in [0.5, 0.6) is 5.75 Å². The summed E-state index contributed by atoms with van der Waals surface area (Å²) < 4.78 is 13.1. The number of methoxy groups -OCH3 is 1. The van der Waals surface area contributed by atoms with Crippen molar-refractivity contribution in [2.75, 3.05) is 64.3 Å². The molecule has 0 radical (unpaired) electrons. The molecule has 0 aliphatic heterocycles. The minimum atomic E-state index is -1.28. The van der Waals surface area contributed by atoms with Gasteiger partial charge in [-0.25, -0.2) is 4.68 Å². The summed E-state index contributed by atoms with van der Waals surface area (Å²) in [6.07, 6.45) is 0. The molecule has 0 aliphatic rings. The van der Waals surface area contributed by atoms with E-state index in [4.69, 9.17) is 20.9 Å². The van der Waals surface area contributed by atoms with Gasteiger partial charge in [0.05, 0.1) is 23.0 Å². The van der Waals surface area contributed by atoms with Crippen molar-refractivity contribution in [1.82, 2.24) is 24.6 Å². The maximum Gasteiger partial charge on any atom is 0.293 e. The second kappa shape index (κ2) is 11.3. The fourth-order valence-electron chi connectivity index (χ4n) is 3.76. The molecule has 37 heavy (non-hydrogen) atoms. The smallest absolute Gasteiger partial charge is 0.293 e. The van der Waals surface area contributed by atoms with Gasteiger partial charge in [-0.05, 0) is 20.1 Å². The minimum absolute atomic E-state index is 0.00407. The molecule has 0 saturated carbocycles. The first kappa shape index (κ1) is 28.1. The molecule has 1 aromatic carbocycles. The number of benzene rings is 1. The second-order valence-corrected chi connectivity index (χ2v) is 16.0. The van der Waals surface area contributed by atoms with E-state index in [1.54, 1.807) is 10.7 Å². The second-order valence-electron chi connectivity index (χ2n) is 10.4. The van der Waals surface area contributed by atoms with E-state index in [1.165, 1.54) is 13.2 Å². The lowest BCUT2D eigenvalue weighted by atomic mass is 10.1. The highest BCUT2D eigenvalue weighted by atomic mass is 28.3. The number of nitrogen functional groups attached to an aromatic ring is 2. The van der Waals surface area contributed by atoms with E-state index in [-0.39, 0.29) is 24.2 Å². The fraction of sp³-hybridized carbons (Fsp3) is 0.522. The van der Waals surface area contributed by atoms with Gasteiger partial charge in [0, 0.05) is 47.0 Å². The van der Waals surface area contributed by atoms with Crippen molar-refractivity contribution < 1.29 is 14.4 Å². The highest BCUT2D eigenvalue weighted by Gasteiger charge is 2.27. The third-order valence-electron chi connectivity index (χ3n) is 5.89. The number of hydrogen-bond donors (Lipinski definition) is 2. The number of nitro benzene ring substituents is 1. The number of likely N-dealkylation sites (N-methyl/N-ethyl adjacent to an activating group) is 2. The average molecular weight is 532 g/mol. The van der Waals surface area contributed by atoms with Crippen LogP contribution in [-0.2, 0) is 11.5 Å². The van der Waals surface area contributed by atoms with Gasteiger partial charge in [0.2, 0.25) is 5.95 Å². The van der Waals surface area contributed by atoms with Crippen LogP contribution in [0.15, 0.2) is 12.1 Å². The summed E-state index contributed by atoms with van der Waals surface area (Å²) >= 11 is 0. The van der Waals surface area contributed by atoms with E-state index in [1.807, 2.05) is 30.9 Å². The number of ether oxygens (including phenoxy) is 2. The van der Waals surface area contributed by atoms with Crippen molar-refractivity contribution >= 4 is 42.2 Å². The normalized spacial score (nSPS) is 11.9. The van der Waals surface area contributed by atoms with E-state index in [9.17, 15) is 10.1 Å². The predicted octanol–water partition coefficient (Wildman–Crippen LogP) is 2.88. The molecule has 0 spiro atoms. The Hall–Kier alpha value is -3.49. The number of anilines is 3. The molecule has 202 valence electrons.